The number of halogens is 9. The number of carbonyl (C=O) groups excluding carboxylic acids is 1. The maximum atomic E-state index is 12.8. The highest BCUT2D eigenvalue weighted by Gasteiger charge is 2.40. The number of pyridine rings is 4. The summed E-state index contributed by atoms with van der Waals surface area (Å²) in [5.74, 6) is -0.0874. The summed E-state index contributed by atoms with van der Waals surface area (Å²) >= 11 is 17.1. The van der Waals surface area contributed by atoms with E-state index in [1.165, 1.54) is 46.1 Å². The summed E-state index contributed by atoms with van der Waals surface area (Å²) < 4.78 is 99.3. The normalized spacial score (nSPS) is 14.5. The third-order valence-corrected chi connectivity index (χ3v) is 17.3. The van der Waals surface area contributed by atoms with E-state index in [1.54, 1.807) is 95.2 Å². The maximum absolute atomic E-state index is 12.8. The minimum absolute atomic E-state index is 0.0375. The standard InChI is InChI=1S/C22H20F3N7O2S.C14H17N5O.C10H13ClN2O.C8H4BrF3N2OS.C6H4ClNO/c1-33-15-11-31(12-15)10-14-4-5-27-18(8-14)32(19-9-26-6-7-28-19)13-16-2-3-17(35-16)20-29-21(34-30-20)22(23,24)25;1-20-12-9-19(10-12)8-11-2-3-16-13(6-11)18-14-7-15-4-5-17-14;1-14-9-6-13(7-9)5-8-2-3-12-10(11)4-8;9-3-4-1-2-5(16-4)6-13-7(15-14-6)8(10,11)12;7-6-3-5(4-9)1-2-8-6/h2-9,15H,10-13H2,1H3;2-7,12H,8-10H2,1H3,(H,16,17,18);2-4,9H,5-7H2,1H3;1-2H,3H2;1-4H. The number of hydrogen-bond acceptors (Lipinski definition) is 25. The number of rotatable bonds is 19. The molecule has 10 aromatic heterocycles. The number of anilines is 4. The molecule has 494 valence electrons. The van der Waals surface area contributed by atoms with Gasteiger partial charge in [-0.1, -0.05) is 49.4 Å². The van der Waals surface area contributed by atoms with Gasteiger partial charge in [-0.25, -0.2) is 29.9 Å². The Labute approximate surface area is 560 Å². The molecule has 94 heavy (non-hydrogen) atoms. The summed E-state index contributed by atoms with van der Waals surface area (Å²) in [7, 11) is 5.23. The lowest BCUT2D eigenvalue weighted by atomic mass is 10.1. The van der Waals surface area contributed by atoms with Gasteiger partial charge in [-0.15, -0.1) is 22.7 Å². The lowest BCUT2D eigenvalue weighted by Crippen LogP contribution is -2.50. The monoisotopic (exact) mass is 1440 g/mol. The van der Waals surface area contributed by atoms with Crippen LogP contribution in [-0.4, -0.2) is 160 Å². The number of carbonyl (C=O) groups is 1. The molecule has 34 heteroatoms. The number of nitrogens with zero attached hydrogens (tertiary/aromatic N) is 16. The van der Waals surface area contributed by atoms with Gasteiger partial charge in [0.15, 0.2) is 5.82 Å². The Morgan fingerprint density at radius 1 is 0.574 bits per heavy atom. The topological polar surface area (TPSA) is 251 Å². The summed E-state index contributed by atoms with van der Waals surface area (Å²) in [6, 6.07) is 22.0. The van der Waals surface area contributed by atoms with Crippen LogP contribution in [-0.2, 0) is 58.1 Å². The molecule has 0 atom stereocenters. The molecule has 3 fully saturated rings. The predicted octanol–water partition coefficient (Wildman–Crippen LogP) is 12.4. The Morgan fingerprint density at radius 2 is 1.04 bits per heavy atom. The second-order valence-corrected chi connectivity index (χ2v) is 24.3. The van der Waals surface area contributed by atoms with Crippen molar-refractivity contribution in [3.63, 3.8) is 0 Å². The van der Waals surface area contributed by atoms with Crippen LogP contribution in [0.2, 0.25) is 10.3 Å². The molecule has 0 spiro atoms. The Kier molecular flexibility index (Phi) is 25.5. The van der Waals surface area contributed by atoms with Crippen LogP contribution < -0.4 is 10.2 Å². The molecular weight excluding hydrogens is 1380 g/mol. The molecular formula is C60H58BrCl2F6N17O6S2. The average Bonchev–Trinajstić information content (AvgIpc) is 1.54. The van der Waals surface area contributed by atoms with Crippen molar-refractivity contribution in [2.75, 3.05) is 70.8 Å². The second kappa shape index (κ2) is 34.0. The predicted molar refractivity (Wildman–Crippen MR) is 342 cm³/mol. The van der Waals surface area contributed by atoms with Gasteiger partial charge < -0.3 is 33.5 Å². The SMILES string of the molecule is COC1CN(Cc2ccnc(Cl)c2)C1.COC1CN(Cc2ccnc(N(Cc3ccc(-c4noc(C(F)(F)F)n4)s3)c3cnccn3)c2)C1.COC1CN(Cc2ccnc(Nc3cnccn3)c2)C1.FC(F)(F)c1nc(-c2ccc(CBr)s2)no1.O=Cc1ccnc(Cl)c1. The molecule has 0 amide bonds. The van der Waals surface area contributed by atoms with E-state index in [0.29, 0.717) is 67.2 Å². The van der Waals surface area contributed by atoms with Gasteiger partial charge in [0.2, 0.25) is 11.6 Å². The molecule has 10 aromatic rings. The van der Waals surface area contributed by atoms with Gasteiger partial charge >= 0.3 is 24.1 Å². The Morgan fingerprint density at radius 3 is 1.50 bits per heavy atom. The van der Waals surface area contributed by atoms with E-state index in [4.69, 9.17) is 37.4 Å². The van der Waals surface area contributed by atoms with E-state index in [2.05, 4.69) is 105 Å². The number of alkyl halides is 7. The number of methoxy groups -OCH3 is 3. The molecule has 3 aliphatic heterocycles. The fraction of sp³-hybridized carbons (Fsp3) is 0.317. The number of nitrogens with one attached hydrogen (secondary N) is 1. The Bertz CT molecular complexity index is 3960. The van der Waals surface area contributed by atoms with Crippen molar-refractivity contribution < 1.29 is 54.4 Å². The van der Waals surface area contributed by atoms with Gasteiger partial charge in [-0.05, 0) is 89.5 Å². The van der Waals surface area contributed by atoms with Crippen LogP contribution in [0.15, 0.2) is 144 Å². The first-order valence-corrected chi connectivity index (χ1v) is 31.8. The fourth-order valence-electron chi connectivity index (χ4n) is 8.95. The molecule has 13 rings (SSSR count). The number of hydrogen-bond donors (Lipinski definition) is 1. The van der Waals surface area contributed by atoms with Crippen LogP contribution in [0.5, 0.6) is 0 Å². The molecule has 3 saturated heterocycles. The van der Waals surface area contributed by atoms with Gasteiger partial charge in [0.1, 0.15) is 34.0 Å². The molecule has 0 aliphatic carbocycles. The zero-order valence-electron chi connectivity index (χ0n) is 50.1. The van der Waals surface area contributed by atoms with Gasteiger partial charge in [0, 0.05) is 150 Å². The number of ether oxygens (including phenoxy) is 3. The molecule has 0 radical (unpaired) electrons. The maximum Gasteiger partial charge on any atom is 0.471 e. The zero-order chi connectivity index (χ0) is 66.6. The van der Waals surface area contributed by atoms with Crippen molar-refractivity contribution in [1.29, 1.82) is 0 Å². The van der Waals surface area contributed by atoms with Crippen LogP contribution in [0, 0.1) is 0 Å². The Hall–Kier alpha value is -7.89. The smallest absolute Gasteiger partial charge is 0.379 e. The van der Waals surface area contributed by atoms with E-state index in [1.807, 2.05) is 53.6 Å². The van der Waals surface area contributed by atoms with E-state index in [-0.39, 0.29) is 17.8 Å². The third kappa shape index (κ3) is 21.1. The Balaban J connectivity index is 0.000000150. The van der Waals surface area contributed by atoms with Gasteiger partial charge in [0.25, 0.3) is 0 Å². The zero-order valence-corrected chi connectivity index (χ0v) is 54.8. The number of aldehydes is 1. The molecule has 1 N–H and O–H groups in total. The summed E-state index contributed by atoms with van der Waals surface area (Å²) in [5, 5.41) is 11.5. The molecule has 0 saturated carbocycles. The lowest BCUT2D eigenvalue weighted by molar-refractivity contribution is -0.160. The van der Waals surface area contributed by atoms with Crippen molar-refractivity contribution in [2.24, 2.45) is 0 Å². The first-order valence-electron chi connectivity index (χ1n) is 28.3. The van der Waals surface area contributed by atoms with Gasteiger partial charge in [-0.2, -0.15) is 36.3 Å². The summed E-state index contributed by atoms with van der Waals surface area (Å²) in [6.07, 6.45) is 9.07. The van der Waals surface area contributed by atoms with E-state index in [9.17, 15) is 31.1 Å². The van der Waals surface area contributed by atoms with Crippen LogP contribution in [0.1, 0.15) is 48.6 Å². The lowest BCUT2D eigenvalue weighted by Gasteiger charge is -2.38. The van der Waals surface area contributed by atoms with Gasteiger partial charge in [0.05, 0.1) is 47.0 Å². The first-order chi connectivity index (χ1) is 45.3. The molecule has 0 aromatic carbocycles. The van der Waals surface area contributed by atoms with Crippen molar-refractivity contribution in [3.05, 3.63) is 189 Å². The summed E-state index contributed by atoms with van der Waals surface area (Å²) in [6.45, 7) is 8.76. The van der Waals surface area contributed by atoms with Gasteiger partial charge in [-0.3, -0.25) is 29.5 Å². The molecule has 3 aliphatic rings. The fourth-order valence-corrected chi connectivity index (χ4v) is 11.6. The van der Waals surface area contributed by atoms with Crippen molar-refractivity contribution in [3.8, 4) is 21.4 Å². The van der Waals surface area contributed by atoms with E-state index in [0.717, 1.165) is 86.3 Å². The first kappa shape index (κ1) is 70.4. The van der Waals surface area contributed by atoms with Crippen LogP contribution >= 0.6 is 61.8 Å². The summed E-state index contributed by atoms with van der Waals surface area (Å²) in [4.78, 5) is 61.8. The molecule has 23 nitrogen and oxygen atoms in total. The van der Waals surface area contributed by atoms with Crippen LogP contribution in [0.3, 0.4) is 0 Å². The minimum atomic E-state index is -4.69. The van der Waals surface area contributed by atoms with Crippen molar-refractivity contribution in [1.82, 2.24) is 74.9 Å². The van der Waals surface area contributed by atoms with Crippen molar-refractivity contribution >= 4 is 91.4 Å². The molecule has 0 bridgehead atoms. The van der Waals surface area contributed by atoms with E-state index < -0.39 is 24.1 Å². The average molecular weight is 1440 g/mol. The minimum Gasteiger partial charge on any atom is -0.379 e. The van der Waals surface area contributed by atoms with E-state index >= 15 is 0 Å². The van der Waals surface area contributed by atoms with Crippen LogP contribution in [0.4, 0.5) is 49.6 Å². The highest BCUT2D eigenvalue weighted by Crippen LogP contribution is 2.35. The molecule has 0 unspecified atom stereocenters. The molecule has 13 heterocycles. The summed E-state index contributed by atoms with van der Waals surface area (Å²) in [5.41, 5.74) is 4.08. The highest BCUT2D eigenvalue weighted by atomic mass is 79.9. The quantitative estimate of drug-likeness (QED) is 0.0342. The number of likely N-dealkylation sites (tertiary alicyclic amines) is 3. The number of aromatic nitrogens is 12. The number of thiophene rings is 2. The highest BCUT2D eigenvalue weighted by molar-refractivity contribution is 9.08. The largest absolute Gasteiger partial charge is 0.471 e. The third-order valence-electron chi connectivity index (χ3n) is 13.8. The second-order valence-electron chi connectivity index (χ2n) is 20.6. The van der Waals surface area contributed by atoms with Crippen LogP contribution in [0.25, 0.3) is 21.4 Å². The van der Waals surface area contributed by atoms with Crippen molar-refractivity contribution in [2.45, 2.75) is 62.2 Å².